The maximum absolute atomic E-state index is 13.0. The molecule has 33 heavy (non-hydrogen) atoms. The molecular formula is C24H36N4O4S. The highest BCUT2D eigenvalue weighted by molar-refractivity contribution is 7.90. The van der Waals surface area contributed by atoms with Crippen LogP contribution in [-0.4, -0.2) is 62.4 Å². The topological polar surface area (TPSA) is 113 Å². The van der Waals surface area contributed by atoms with Crippen molar-refractivity contribution in [3.05, 3.63) is 34.9 Å². The van der Waals surface area contributed by atoms with Gasteiger partial charge in [-0.2, -0.15) is 4.72 Å². The number of aryl methyl sites for hydroxylation is 2. The lowest BCUT2D eigenvalue weighted by atomic mass is 9.90. The molecule has 182 valence electrons. The van der Waals surface area contributed by atoms with Crippen molar-refractivity contribution in [2.45, 2.75) is 57.9 Å². The molecule has 8 nitrogen and oxygen atoms in total. The van der Waals surface area contributed by atoms with E-state index in [-0.39, 0.29) is 35.7 Å². The van der Waals surface area contributed by atoms with Gasteiger partial charge in [-0.25, -0.2) is 8.42 Å². The Morgan fingerprint density at radius 3 is 2.15 bits per heavy atom. The van der Waals surface area contributed by atoms with Crippen LogP contribution in [0.3, 0.4) is 0 Å². The summed E-state index contributed by atoms with van der Waals surface area (Å²) >= 11 is 0. The van der Waals surface area contributed by atoms with Crippen LogP contribution >= 0.6 is 0 Å². The Balaban J connectivity index is 1.37. The lowest BCUT2D eigenvalue weighted by Crippen LogP contribution is -2.51. The average Bonchev–Trinajstić information content (AvgIpc) is 3.04. The molecule has 3 heterocycles. The smallest absolute Gasteiger partial charge is 0.225 e. The molecule has 3 fully saturated rings. The molecule has 0 radical (unpaired) electrons. The van der Waals surface area contributed by atoms with E-state index in [1.165, 1.54) is 0 Å². The highest BCUT2D eigenvalue weighted by Gasteiger charge is 2.48. The first-order valence-corrected chi connectivity index (χ1v) is 13.5. The van der Waals surface area contributed by atoms with E-state index in [9.17, 15) is 18.0 Å². The number of amides is 2. The number of hydrogen-bond donors (Lipinski definition) is 2. The molecule has 1 aromatic carbocycles. The van der Waals surface area contributed by atoms with Crippen molar-refractivity contribution < 1.29 is 18.0 Å². The lowest BCUT2D eigenvalue weighted by molar-refractivity contribution is -0.140. The first-order chi connectivity index (χ1) is 15.6. The zero-order valence-electron chi connectivity index (χ0n) is 19.8. The molecular weight excluding hydrogens is 440 g/mol. The molecule has 3 aliphatic heterocycles. The minimum atomic E-state index is -3.48. The summed E-state index contributed by atoms with van der Waals surface area (Å²) in [5.41, 5.74) is 8.48. The Morgan fingerprint density at radius 1 is 0.970 bits per heavy atom. The van der Waals surface area contributed by atoms with Crippen LogP contribution in [-0.2, 0) is 19.6 Å². The number of primary amides is 1. The van der Waals surface area contributed by atoms with Crippen molar-refractivity contribution in [1.29, 1.82) is 0 Å². The van der Waals surface area contributed by atoms with E-state index in [1.807, 2.05) is 43.9 Å². The third-order valence-electron chi connectivity index (χ3n) is 7.94. The molecule has 4 rings (SSSR count). The van der Waals surface area contributed by atoms with Crippen LogP contribution in [0.2, 0.25) is 0 Å². The molecule has 9 heteroatoms. The third kappa shape index (κ3) is 4.81. The number of carbonyl (C=O) groups is 2. The van der Waals surface area contributed by atoms with E-state index in [0.717, 1.165) is 16.7 Å². The van der Waals surface area contributed by atoms with E-state index >= 15 is 0 Å². The second kappa shape index (κ2) is 9.35. The third-order valence-corrected chi connectivity index (χ3v) is 9.88. The number of hydrogen-bond acceptors (Lipinski definition) is 5. The summed E-state index contributed by atoms with van der Waals surface area (Å²) < 4.78 is 29.0. The molecule has 3 atom stereocenters. The molecule has 0 spiro atoms. The molecule has 1 aromatic rings. The van der Waals surface area contributed by atoms with Crippen molar-refractivity contribution in [3.63, 3.8) is 0 Å². The van der Waals surface area contributed by atoms with Gasteiger partial charge < -0.3 is 10.6 Å². The van der Waals surface area contributed by atoms with Crippen molar-refractivity contribution in [2.24, 2.45) is 23.5 Å². The van der Waals surface area contributed by atoms with Crippen LogP contribution in [0.5, 0.6) is 0 Å². The van der Waals surface area contributed by atoms with E-state index in [1.54, 1.807) is 0 Å². The monoisotopic (exact) mass is 476 g/mol. The average molecular weight is 477 g/mol. The summed E-state index contributed by atoms with van der Waals surface area (Å²) in [5.74, 6) is -0.390. The number of rotatable bonds is 4. The Bertz CT molecular complexity index is 1010. The fourth-order valence-corrected chi connectivity index (χ4v) is 7.76. The number of carbonyl (C=O) groups excluding carboxylic acids is 2. The molecule has 3 unspecified atom stereocenters. The Hall–Kier alpha value is -1.97. The van der Waals surface area contributed by atoms with Crippen LogP contribution < -0.4 is 10.5 Å². The molecule has 3 saturated heterocycles. The molecule has 3 aliphatic rings. The van der Waals surface area contributed by atoms with Gasteiger partial charge in [-0.1, -0.05) is 25.1 Å². The van der Waals surface area contributed by atoms with E-state index in [2.05, 4.69) is 9.62 Å². The molecule has 0 aliphatic carbocycles. The molecule has 2 amide bonds. The summed E-state index contributed by atoms with van der Waals surface area (Å²) in [6, 6.07) is 5.91. The van der Waals surface area contributed by atoms with Gasteiger partial charge in [0.2, 0.25) is 21.8 Å². The van der Waals surface area contributed by atoms with Gasteiger partial charge in [0.25, 0.3) is 0 Å². The Labute approximate surface area is 196 Å². The molecule has 0 saturated carbocycles. The van der Waals surface area contributed by atoms with Gasteiger partial charge >= 0.3 is 0 Å². The summed E-state index contributed by atoms with van der Waals surface area (Å²) in [5, 5.41) is -0.576. The van der Waals surface area contributed by atoms with Crippen LogP contribution in [0.25, 0.3) is 0 Å². The fraction of sp³-hybridized carbons (Fsp3) is 0.667. The van der Waals surface area contributed by atoms with Crippen LogP contribution in [0.1, 0.15) is 54.5 Å². The standard InChI is InChI=1S/C24H36N4O4S/c1-15-4-5-20(14-16(15)2)21-17(3)23(26-33(21,31)32)27-10-8-19(9-11-27)24(30)28-12-6-18(7-13-28)22(25)29/h4-5,14,17-19,21,23,26H,6-13H2,1-3H3,(H2,25,29). The fourth-order valence-electron chi connectivity index (χ4n) is 5.70. The Morgan fingerprint density at radius 2 is 1.58 bits per heavy atom. The maximum Gasteiger partial charge on any atom is 0.225 e. The van der Waals surface area contributed by atoms with E-state index < -0.39 is 15.3 Å². The number of piperidine rings is 2. The zero-order chi connectivity index (χ0) is 23.9. The molecule has 0 aromatic heterocycles. The first kappa shape index (κ1) is 24.2. The van der Waals surface area contributed by atoms with Crippen molar-refractivity contribution in [1.82, 2.24) is 14.5 Å². The Kier molecular flexibility index (Phi) is 6.85. The summed E-state index contributed by atoms with van der Waals surface area (Å²) in [4.78, 5) is 28.4. The quantitative estimate of drug-likeness (QED) is 0.687. The summed E-state index contributed by atoms with van der Waals surface area (Å²) in [6.07, 6.45) is 2.45. The van der Waals surface area contributed by atoms with Gasteiger partial charge in [-0.15, -0.1) is 0 Å². The normalized spacial score (nSPS) is 29.3. The van der Waals surface area contributed by atoms with Gasteiger partial charge in [-0.05, 0) is 56.2 Å². The van der Waals surface area contributed by atoms with Crippen LogP contribution in [0.15, 0.2) is 18.2 Å². The summed E-state index contributed by atoms with van der Waals surface area (Å²) in [7, 11) is -3.48. The second-order valence-corrected chi connectivity index (χ2v) is 11.9. The predicted molar refractivity (Wildman–Crippen MR) is 126 cm³/mol. The summed E-state index contributed by atoms with van der Waals surface area (Å²) in [6.45, 7) is 8.58. The highest BCUT2D eigenvalue weighted by Crippen LogP contribution is 2.40. The predicted octanol–water partition coefficient (Wildman–Crippen LogP) is 1.68. The van der Waals surface area contributed by atoms with Gasteiger partial charge in [0.15, 0.2) is 0 Å². The van der Waals surface area contributed by atoms with Crippen molar-refractivity contribution >= 4 is 21.8 Å². The zero-order valence-corrected chi connectivity index (χ0v) is 20.6. The van der Waals surface area contributed by atoms with Gasteiger partial charge in [-0.3, -0.25) is 14.5 Å². The first-order valence-electron chi connectivity index (χ1n) is 12.0. The molecule has 0 bridgehead atoms. The van der Waals surface area contributed by atoms with E-state index in [4.69, 9.17) is 5.73 Å². The highest BCUT2D eigenvalue weighted by atomic mass is 32.2. The second-order valence-electron chi connectivity index (χ2n) is 10.0. The molecule has 3 N–H and O–H groups in total. The van der Waals surface area contributed by atoms with Gasteiger partial charge in [0.1, 0.15) is 5.25 Å². The number of nitrogens with two attached hydrogens (primary N) is 1. The van der Waals surface area contributed by atoms with Crippen LogP contribution in [0, 0.1) is 31.6 Å². The minimum absolute atomic E-state index is 0.0461. The van der Waals surface area contributed by atoms with Crippen molar-refractivity contribution in [3.8, 4) is 0 Å². The van der Waals surface area contributed by atoms with Gasteiger partial charge in [0.05, 0.1) is 6.17 Å². The van der Waals surface area contributed by atoms with Gasteiger partial charge in [0, 0.05) is 43.9 Å². The number of sulfonamides is 1. The lowest BCUT2D eigenvalue weighted by Gasteiger charge is -2.39. The number of likely N-dealkylation sites (tertiary alicyclic amines) is 2. The largest absolute Gasteiger partial charge is 0.369 e. The number of benzene rings is 1. The SMILES string of the molecule is Cc1ccc(C2C(C)C(N3CCC(C(=O)N4CCC(C(N)=O)CC4)CC3)NS2(=O)=O)cc1C. The number of nitrogens with one attached hydrogen (secondary N) is 1. The minimum Gasteiger partial charge on any atom is -0.369 e. The van der Waals surface area contributed by atoms with E-state index in [0.29, 0.717) is 51.9 Å². The van der Waals surface area contributed by atoms with Crippen molar-refractivity contribution in [2.75, 3.05) is 26.2 Å². The van der Waals surface area contributed by atoms with Crippen LogP contribution in [0.4, 0.5) is 0 Å². The maximum atomic E-state index is 13.0. The number of nitrogens with zero attached hydrogens (tertiary/aromatic N) is 2.